The number of hydrogen-bond donors (Lipinski definition) is 1. The summed E-state index contributed by atoms with van der Waals surface area (Å²) in [6, 6.07) is 0. The quantitative estimate of drug-likeness (QED) is 0.690. The zero-order chi connectivity index (χ0) is 14.8. The number of allylic oxidation sites excluding steroid dienone is 3. The third kappa shape index (κ3) is 1.72. The van der Waals surface area contributed by atoms with Gasteiger partial charge >= 0.3 is 0 Å². The van der Waals surface area contributed by atoms with Crippen molar-refractivity contribution >= 4 is 5.78 Å². The lowest BCUT2D eigenvalue weighted by Gasteiger charge is -2.56. The van der Waals surface area contributed by atoms with E-state index < -0.39 is 0 Å². The van der Waals surface area contributed by atoms with E-state index in [1.54, 1.807) is 0 Å². The maximum Gasteiger partial charge on any atom is 0.161 e. The van der Waals surface area contributed by atoms with Crippen LogP contribution in [0.1, 0.15) is 52.4 Å². The van der Waals surface area contributed by atoms with Crippen molar-refractivity contribution in [1.82, 2.24) is 0 Å². The van der Waals surface area contributed by atoms with Crippen LogP contribution >= 0.6 is 0 Å². The molecular formula is C19H26O2. The highest BCUT2D eigenvalue weighted by Crippen LogP contribution is 2.62. The topological polar surface area (TPSA) is 37.3 Å². The number of carbonyl (C=O) groups excluding carboxylic acids is 1. The molecule has 1 N–H and O–H groups in total. The van der Waals surface area contributed by atoms with Crippen LogP contribution in [0.3, 0.4) is 0 Å². The highest BCUT2D eigenvalue weighted by atomic mass is 16.3. The molecule has 2 saturated carbocycles. The molecule has 0 heterocycles. The van der Waals surface area contributed by atoms with Crippen LogP contribution < -0.4 is 0 Å². The fraction of sp³-hybridized carbons (Fsp3) is 0.737. The lowest BCUT2D eigenvalue weighted by molar-refractivity contribution is -0.129. The van der Waals surface area contributed by atoms with E-state index in [4.69, 9.17) is 0 Å². The van der Waals surface area contributed by atoms with Gasteiger partial charge in [-0.2, -0.15) is 0 Å². The molecular weight excluding hydrogens is 260 g/mol. The van der Waals surface area contributed by atoms with E-state index in [1.807, 2.05) is 6.08 Å². The average molecular weight is 286 g/mol. The van der Waals surface area contributed by atoms with Crippen molar-refractivity contribution in [2.75, 3.05) is 0 Å². The van der Waals surface area contributed by atoms with Gasteiger partial charge in [-0.15, -0.1) is 0 Å². The molecule has 2 nitrogen and oxygen atoms in total. The molecule has 0 radical (unpaired) electrons. The van der Waals surface area contributed by atoms with Gasteiger partial charge < -0.3 is 5.11 Å². The van der Waals surface area contributed by atoms with Crippen LogP contribution in [-0.2, 0) is 4.79 Å². The van der Waals surface area contributed by atoms with E-state index in [1.165, 1.54) is 12.0 Å². The van der Waals surface area contributed by atoms with Gasteiger partial charge in [-0.1, -0.05) is 31.6 Å². The highest BCUT2D eigenvalue weighted by Gasteiger charge is 2.57. The Labute approximate surface area is 127 Å². The molecule has 4 aliphatic rings. The minimum atomic E-state index is -0.136. The Bertz CT molecular complexity index is 546. The molecule has 6 unspecified atom stereocenters. The Morgan fingerprint density at radius 2 is 1.95 bits per heavy atom. The predicted molar refractivity (Wildman–Crippen MR) is 82.6 cm³/mol. The predicted octanol–water partition coefficient (Wildman–Crippen LogP) is 3.66. The molecule has 0 bridgehead atoms. The third-order valence-electron chi connectivity index (χ3n) is 7.35. The molecule has 2 fully saturated rings. The van der Waals surface area contributed by atoms with Crippen LogP contribution in [0.2, 0.25) is 0 Å². The van der Waals surface area contributed by atoms with Gasteiger partial charge in [-0.25, -0.2) is 0 Å². The van der Waals surface area contributed by atoms with Gasteiger partial charge in [0.25, 0.3) is 0 Å². The average Bonchev–Trinajstić information content (AvgIpc) is 2.76. The summed E-state index contributed by atoms with van der Waals surface area (Å²) in [5.74, 6) is 2.10. The van der Waals surface area contributed by atoms with Gasteiger partial charge in [0.1, 0.15) is 0 Å². The second kappa shape index (κ2) is 4.32. The van der Waals surface area contributed by atoms with Crippen LogP contribution in [0.25, 0.3) is 0 Å². The summed E-state index contributed by atoms with van der Waals surface area (Å²) in [7, 11) is 0. The molecule has 0 aromatic rings. The summed E-state index contributed by atoms with van der Waals surface area (Å²) in [4.78, 5) is 12.3. The smallest absolute Gasteiger partial charge is 0.161 e. The van der Waals surface area contributed by atoms with E-state index in [0.29, 0.717) is 23.5 Å². The Kier molecular flexibility index (Phi) is 2.83. The molecule has 0 spiro atoms. The van der Waals surface area contributed by atoms with Gasteiger partial charge in [-0.3, -0.25) is 4.79 Å². The summed E-state index contributed by atoms with van der Waals surface area (Å²) >= 11 is 0. The standard InChI is InChI=1S/C19H26O2/c1-18-9-7-13(20)11-12(18)3-4-14-15-5-6-17(21)19(15,2)10-8-16(14)18/h3,5-6,13-16,20H,4,7-11H2,1-2H3. The fourth-order valence-corrected chi connectivity index (χ4v) is 5.92. The van der Waals surface area contributed by atoms with E-state index in [9.17, 15) is 9.90 Å². The van der Waals surface area contributed by atoms with Gasteiger partial charge in [-0.05, 0) is 67.8 Å². The lowest BCUT2D eigenvalue weighted by atomic mass is 9.48. The number of aliphatic hydroxyl groups excluding tert-OH is 1. The molecule has 4 aliphatic carbocycles. The van der Waals surface area contributed by atoms with Crippen LogP contribution in [-0.4, -0.2) is 17.0 Å². The first-order chi connectivity index (χ1) is 9.95. The molecule has 2 heteroatoms. The molecule has 0 aliphatic heterocycles. The summed E-state index contributed by atoms with van der Waals surface area (Å²) in [5, 5.41) is 9.99. The summed E-state index contributed by atoms with van der Waals surface area (Å²) in [6.45, 7) is 4.60. The maximum atomic E-state index is 12.3. The largest absolute Gasteiger partial charge is 0.393 e. The zero-order valence-electron chi connectivity index (χ0n) is 13.1. The number of fused-ring (bicyclic) bond motifs is 5. The van der Waals surface area contributed by atoms with Crippen molar-refractivity contribution < 1.29 is 9.90 Å². The summed E-state index contributed by atoms with van der Waals surface area (Å²) < 4.78 is 0. The van der Waals surface area contributed by atoms with E-state index in [0.717, 1.165) is 32.1 Å². The van der Waals surface area contributed by atoms with E-state index >= 15 is 0 Å². The zero-order valence-corrected chi connectivity index (χ0v) is 13.1. The van der Waals surface area contributed by atoms with Crippen molar-refractivity contribution in [3.63, 3.8) is 0 Å². The van der Waals surface area contributed by atoms with Gasteiger partial charge in [0.15, 0.2) is 5.78 Å². The van der Waals surface area contributed by atoms with Crippen LogP contribution in [0, 0.1) is 28.6 Å². The van der Waals surface area contributed by atoms with Crippen LogP contribution in [0.4, 0.5) is 0 Å². The second-order valence-electron chi connectivity index (χ2n) is 8.25. The molecule has 6 atom stereocenters. The van der Waals surface area contributed by atoms with Crippen LogP contribution in [0.15, 0.2) is 23.8 Å². The fourth-order valence-electron chi connectivity index (χ4n) is 5.92. The molecule has 21 heavy (non-hydrogen) atoms. The van der Waals surface area contributed by atoms with Crippen molar-refractivity contribution in [3.8, 4) is 0 Å². The number of rotatable bonds is 0. The van der Waals surface area contributed by atoms with Crippen LogP contribution in [0.5, 0.6) is 0 Å². The van der Waals surface area contributed by atoms with Crippen molar-refractivity contribution in [3.05, 3.63) is 23.8 Å². The molecule has 0 aromatic carbocycles. The van der Waals surface area contributed by atoms with Gasteiger partial charge in [0.2, 0.25) is 0 Å². The number of carbonyl (C=O) groups is 1. The minimum Gasteiger partial charge on any atom is -0.393 e. The summed E-state index contributed by atoms with van der Waals surface area (Å²) in [5.41, 5.74) is 1.64. The van der Waals surface area contributed by atoms with Crippen molar-refractivity contribution in [2.45, 2.75) is 58.5 Å². The maximum absolute atomic E-state index is 12.3. The number of hydrogen-bond acceptors (Lipinski definition) is 2. The Morgan fingerprint density at radius 1 is 1.19 bits per heavy atom. The molecule has 0 aromatic heterocycles. The Balaban J connectivity index is 1.71. The molecule has 0 amide bonds. The Hall–Kier alpha value is -0.890. The first-order valence-corrected chi connectivity index (χ1v) is 8.55. The van der Waals surface area contributed by atoms with Crippen molar-refractivity contribution in [2.24, 2.45) is 28.6 Å². The minimum absolute atomic E-state index is 0.128. The third-order valence-corrected chi connectivity index (χ3v) is 7.35. The second-order valence-corrected chi connectivity index (χ2v) is 8.25. The van der Waals surface area contributed by atoms with Gasteiger partial charge in [0.05, 0.1) is 6.10 Å². The number of aliphatic hydroxyl groups is 1. The normalized spacial score (nSPS) is 52.0. The first kappa shape index (κ1) is 13.8. The first-order valence-electron chi connectivity index (χ1n) is 8.55. The lowest BCUT2D eigenvalue weighted by Crippen LogP contribution is -2.50. The SMILES string of the molecule is CC12CCC3C(CC=C4CC(O)CCC43C)C1C=CC2=O. The monoisotopic (exact) mass is 286 g/mol. The van der Waals surface area contributed by atoms with Gasteiger partial charge in [0, 0.05) is 5.41 Å². The van der Waals surface area contributed by atoms with Crippen molar-refractivity contribution in [1.29, 1.82) is 0 Å². The van der Waals surface area contributed by atoms with E-state index in [2.05, 4.69) is 26.0 Å². The molecule has 0 saturated heterocycles. The number of ketones is 1. The molecule has 114 valence electrons. The summed E-state index contributed by atoms with van der Waals surface area (Å²) in [6.07, 6.45) is 12.6. The molecule has 4 rings (SSSR count). The van der Waals surface area contributed by atoms with E-state index in [-0.39, 0.29) is 16.9 Å². The highest BCUT2D eigenvalue weighted by molar-refractivity contribution is 5.97. The Morgan fingerprint density at radius 3 is 2.76 bits per heavy atom.